The van der Waals surface area contributed by atoms with Gasteiger partial charge in [-0.1, -0.05) is 12.1 Å². The Morgan fingerprint density at radius 2 is 1.81 bits per heavy atom. The molecule has 0 spiro atoms. The Balaban J connectivity index is 2.18. The summed E-state index contributed by atoms with van der Waals surface area (Å²) >= 11 is 0. The van der Waals surface area contributed by atoms with E-state index in [1.165, 1.54) is 8.61 Å². The summed E-state index contributed by atoms with van der Waals surface area (Å²) < 4.78 is 28.2. The Morgan fingerprint density at radius 1 is 1.19 bits per heavy atom. The molecule has 21 heavy (non-hydrogen) atoms. The van der Waals surface area contributed by atoms with Gasteiger partial charge in [-0.05, 0) is 50.3 Å². The zero-order valence-electron chi connectivity index (χ0n) is 13.0. The van der Waals surface area contributed by atoms with Crippen LogP contribution in [0.4, 0.5) is 0 Å². The van der Waals surface area contributed by atoms with E-state index in [0.29, 0.717) is 5.92 Å². The average Bonchev–Trinajstić information content (AvgIpc) is 3.28. The van der Waals surface area contributed by atoms with Gasteiger partial charge >= 0.3 is 0 Å². The van der Waals surface area contributed by atoms with Gasteiger partial charge in [0.15, 0.2) is 0 Å². The fourth-order valence-electron chi connectivity index (χ4n) is 2.48. The maximum absolute atomic E-state index is 12.7. The molecule has 1 saturated carbocycles. The summed E-state index contributed by atoms with van der Waals surface area (Å²) in [6.07, 6.45) is 2.21. The number of benzene rings is 1. The molecule has 2 rings (SSSR count). The quantitative estimate of drug-likeness (QED) is 0.877. The summed E-state index contributed by atoms with van der Waals surface area (Å²) in [7, 11) is -0.292. The molecule has 0 radical (unpaired) electrons. The van der Waals surface area contributed by atoms with Gasteiger partial charge in [-0.15, -0.1) is 0 Å². The van der Waals surface area contributed by atoms with E-state index in [1.807, 2.05) is 19.9 Å². The molecule has 1 N–H and O–H groups in total. The Kier molecular flexibility index (Phi) is 4.60. The van der Waals surface area contributed by atoms with E-state index in [9.17, 15) is 13.5 Å². The molecule has 1 aromatic carbocycles. The standard InChI is InChI=1S/C15H24N2O3S/c1-11(13-8-9-13)16(3)21(19,20)17(4)12(2)14-6-5-7-15(18)10-14/h5-7,10-13,18H,8-9H2,1-4H3/t11-,12-/m1/s1. The van der Waals surface area contributed by atoms with Crippen molar-refractivity contribution >= 4 is 10.2 Å². The zero-order chi connectivity index (χ0) is 15.8. The number of hydrogen-bond donors (Lipinski definition) is 1. The first-order valence-electron chi connectivity index (χ1n) is 7.25. The average molecular weight is 312 g/mol. The lowest BCUT2D eigenvalue weighted by atomic mass is 10.1. The van der Waals surface area contributed by atoms with E-state index >= 15 is 0 Å². The third kappa shape index (κ3) is 3.39. The van der Waals surface area contributed by atoms with E-state index in [0.717, 1.165) is 18.4 Å². The number of rotatable bonds is 6. The second-order valence-electron chi connectivity index (χ2n) is 5.89. The summed E-state index contributed by atoms with van der Waals surface area (Å²) in [6.45, 7) is 3.78. The van der Waals surface area contributed by atoms with Crippen LogP contribution in [0.25, 0.3) is 0 Å². The first kappa shape index (κ1) is 16.3. The molecule has 1 aromatic rings. The third-order valence-corrected chi connectivity index (χ3v) is 6.61. The van der Waals surface area contributed by atoms with Crippen LogP contribution in [0.3, 0.4) is 0 Å². The Labute approximate surface area is 127 Å². The molecular formula is C15H24N2O3S. The van der Waals surface area contributed by atoms with E-state index in [4.69, 9.17) is 0 Å². The molecule has 0 amide bonds. The van der Waals surface area contributed by atoms with Crippen LogP contribution in [0.15, 0.2) is 24.3 Å². The lowest BCUT2D eigenvalue weighted by Crippen LogP contribution is -2.45. The molecule has 1 aliphatic rings. The molecule has 0 bridgehead atoms. The van der Waals surface area contributed by atoms with Crippen LogP contribution in [-0.4, -0.2) is 42.3 Å². The first-order chi connectivity index (χ1) is 9.75. The minimum atomic E-state index is -3.52. The molecule has 0 heterocycles. The highest BCUT2D eigenvalue weighted by Crippen LogP contribution is 2.36. The van der Waals surface area contributed by atoms with E-state index < -0.39 is 10.2 Å². The number of phenolic OH excluding ortho intramolecular Hbond substituents is 1. The lowest BCUT2D eigenvalue weighted by Gasteiger charge is -2.32. The minimum Gasteiger partial charge on any atom is -0.508 e. The number of phenols is 1. The SMILES string of the molecule is C[C@H](c1cccc(O)c1)N(C)S(=O)(=O)N(C)[C@H](C)C1CC1. The van der Waals surface area contributed by atoms with Crippen molar-refractivity contribution in [2.45, 2.75) is 38.8 Å². The molecule has 0 unspecified atom stereocenters. The van der Waals surface area contributed by atoms with E-state index in [1.54, 1.807) is 32.3 Å². The topological polar surface area (TPSA) is 60.9 Å². The fraction of sp³-hybridized carbons (Fsp3) is 0.600. The second kappa shape index (κ2) is 5.94. The molecule has 0 aromatic heterocycles. The highest BCUT2D eigenvalue weighted by Gasteiger charge is 2.38. The largest absolute Gasteiger partial charge is 0.508 e. The van der Waals surface area contributed by atoms with E-state index in [-0.39, 0.29) is 17.8 Å². The van der Waals surface area contributed by atoms with Crippen LogP contribution in [0.5, 0.6) is 5.75 Å². The summed E-state index contributed by atoms with van der Waals surface area (Å²) in [4.78, 5) is 0. The highest BCUT2D eigenvalue weighted by molar-refractivity contribution is 7.86. The number of aromatic hydroxyl groups is 1. The predicted molar refractivity (Wildman–Crippen MR) is 83.2 cm³/mol. The molecule has 5 nitrogen and oxygen atoms in total. The van der Waals surface area contributed by atoms with Crippen molar-refractivity contribution in [1.82, 2.24) is 8.61 Å². The number of nitrogens with zero attached hydrogens (tertiary/aromatic N) is 2. The minimum absolute atomic E-state index is 0.0221. The van der Waals surface area contributed by atoms with Gasteiger partial charge in [-0.3, -0.25) is 0 Å². The van der Waals surface area contributed by atoms with Gasteiger partial charge < -0.3 is 5.11 Å². The highest BCUT2D eigenvalue weighted by atomic mass is 32.2. The van der Waals surface area contributed by atoms with Crippen LogP contribution in [-0.2, 0) is 10.2 Å². The van der Waals surface area contributed by atoms with Crippen LogP contribution < -0.4 is 0 Å². The van der Waals surface area contributed by atoms with Crippen LogP contribution in [0.2, 0.25) is 0 Å². The van der Waals surface area contributed by atoms with Gasteiger partial charge in [0.25, 0.3) is 10.2 Å². The van der Waals surface area contributed by atoms with Gasteiger partial charge in [0.05, 0.1) is 0 Å². The summed E-state index contributed by atoms with van der Waals surface area (Å²) in [5.41, 5.74) is 0.772. The van der Waals surface area contributed by atoms with Gasteiger partial charge in [0.2, 0.25) is 0 Å². The van der Waals surface area contributed by atoms with Gasteiger partial charge in [-0.2, -0.15) is 17.0 Å². The van der Waals surface area contributed by atoms with Crippen molar-refractivity contribution in [2.75, 3.05) is 14.1 Å². The van der Waals surface area contributed by atoms with Gasteiger partial charge in [0.1, 0.15) is 5.75 Å². The van der Waals surface area contributed by atoms with Crippen molar-refractivity contribution in [1.29, 1.82) is 0 Å². The Morgan fingerprint density at radius 3 is 2.33 bits per heavy atom. The Bertz CT molecular complexity index is 599. The maximum atomic E-state index is 12.7. The monoisotopic (exact) mass is 312 g/mol. The fourth-order valence-corrected chi connectivity index (χ4v) is 4.00. The van der Waals surface area contributed by atoms with Gasteiger partial charge in [-0.25, -0.2) is 0 Å². The van der Waals surface area contributed by atoms with Crippen LogP contribution in [0, 0.1) is 5.92 Å². The maximum Gasteiger partial charge on any atom is 0.282 e. The zero-order valence-corrected chi connectivity index (χ0v) is 13.8. The van der Waals surface area contributed by atoms with Crippen LogP contribution in [0.1, 0.15) is 38.3 Å². The lowest BCUT2D eigenvalue weighted by molar-refractivity contribution is 0.302. The molecule has 6 heteroatoms. The summed E-state index contributed by atoms with van der Waals surface area (Å²) in [5, 5.41) is 9.55. The Hall–Kier alpha value is -1.11. The first-order valence-corrected chi connectivity index (χ1v) is 8.64. The second-order valence-corrected chi connectivity index (χ2v) is 7.94. The molecule has 1 fully saturated rings. The van der Waals surface area contributed by atoms with Gasteiger partial charge in [0, 0.05) is 26.2 Å². The normalized spacial score (nSPS) is 19.0. The van der Waals surface area contributed by atoms with Crippen molar-refractivity contribution < 1.29 is 13.5 Å². The molecule has 1 aliphatic carbocycles. The van der Waals surface area contributed by atoms with Crippen molar-refractivity contribution in [3.63, 3.8) is 0 Å². The van der Waals surface area contributed by atoms with Crippen molar-refractivity contribution in [3.8, 4) is 5.75 Å². The number of hydrogen-bond acceptors (Lipinski definition) is 3. The van der Waals surface area contributed by atoms with Crippen molar-refractivity contribution in [2.24, 2.45) is 5.92 Å². The smallest absolute Gasteiger partial charge is 0.282 e. The third-order valence-electron chi connectivity index (χ3n) is 4.50. The van der Waals surface area contributed by atoms with E-state index in [2.05, 4.69) is 0 Å². The molecule has 0 aliphatic heterocycles. The summed E-state index contributed by atoms with van der Waals surface area (Å²) in [6, 6.07) is 6.40. The molecule has 118 valence electrons. The van der Waals surface area contributed by atoms with Crippen molar-refractivity contribution in [3.05, 3.63) is 29.8 Å². The summed E-state index contributed by atoms with van der Waals surface area (Å²) in [5.74, 6) is 0.624. The molecule has 0 saturated heterocycles. The molecule has 2 atom stereocenters. The predicted octanol–water partition coefficient (Wildman–Crippen LogP) is 2.36. The van der Waals surface area contributed by atoms with Crippen LogP contribution >= 0.6 is 0 Å². The molecular weight excluding hydrogens is 288 g/mol.